The Morgan fingerprint density at radius 3 is 2.40 bits per heavy atom. The minimum absolute atomic E-state index is 0. The van der Waals surface area contributed by atoms with E-state index in [0.717, 1.165) is 17.2 Å². The Morgan fingerprint density at radius 1 is 1.00 bits per heavy atom. The lowest BCUT2D eigenvalue weighted by Crippen LogP contribution is -2.52. The second-order valence-corrected chi connectivity index (χ2v) is 7.32. The fourth-order valence-corrected chi connectivity index (χ4v) is 3.67. The second kappa shape index (κ2) is 8.42. The third kappa shape index (κ3) is 4.30. The van der Waals surface area contributed by atoms with Gasteiger partial charge in [-0.3, -0.25) is 4.79 Å². The molecule has 30 heavy (non-hydrogen) atoms. The van der Waals surface area contributed by atoms with E-state index in [-0.39, 0.29) is 18.8 Å². The Morgan fingerprint density at radius 2 is 1.70 bits per heavy atom. The quantitative estimate of drug-likeness (QED) is 0.601. The highest BCUT2D eigenvalue weighted by Gasteiger charge is 2.37. The summed E-state index contributed by atoms with van der Waals surface area (Å²) in [4.78, 5) is 11.5. The molecule has 0 fully saturated rings. The van der Waals surface area contributed by atoms with Gasteiger partial charge in [-0.1, -0.05) is 24.3 Å². The van der Waals surface area contributed by atoms with E-state index in [4.69, 9.17) is 10.5 Å². The minimum atomic E-state index is -1.29. The van der Waals surface area contributed by atoms with Gasteiger partial charge in [0.05, 0.1) is 0 Å². The number of halogens is 3. The van der Waals surface area contributed by atoms with Gasteiger partial charge in [0.1, 0.15) is 28.7 Å². The molecular formula is C23H20ClF2NO3. The van der Waals surface area contributed by atoms with Crippen molar-refractivity contribution in [2.45, 2.75) is 24.8 Å². The summed E-state index contributed by atoms with van der Waals surface area (Å²) in [5, 5.41) is 9.42. The van der Waals surface area contributed by atoms with E-state index in [0.29, 0.717) is 35.5 Å². The highest BCUT2D eigenvalue weighted by molar-refractivity contribution is 5.85. The van der Waals surface area contributed by atoms with Crippen molar-refractivity contribution in [1.82, 2.24) is 0 Å². The van der Waals surface area contributed by atoms with Gasteiger partial charge in [0.25, 0.3) is 0 Å². The molecule has 0 radical (unpaired) electrons. The first-order chi connectivity index (χ1) is 13.8. The molecule has 0 amide bonds. The van der Waals surface area contributed by atoms with Crippen molar-refractivity contribution in [3.63, 3.8) is 0 Å². The molecule has 4 rings (SSSR count). The smallest absolute Gasteiger partial charge is 0.324 e. The van der Waals surface area contributed by atoms with Crippen molar-refractivity contribution in [2.24, 2.45) is 5.73 Å². The van der Waals surface area contributed by atoms with E-state index >= 15 is 0 Å². The van der Waals surface area contributed by atoms with Gasteiger partial charge in [-0.2, -0.15) is 0 Å². The number of para-hydroxylation sites is 1. The number of benzene rings is 3. The number of hydrogen-bond donors (Lipinski definition) is 2. The molecule has 0 saturated heterocycles. The molecular weight excluding hydrogens is 412 g/mol. The molecule has 0 heterocycles. The molecule has 0 bridgehead atoms. The van der Waals surface area contributed by atoms with Gasteiger partial charge < -0.3 is 15.6 Å². The van der Waals surface area contributed by atoms with Crippen LogP contribution in [0.25, 0.3) is 11.1 Å². The summed E-state index contributed by atoms with van der Waals surface area (Å²) < 4.78 is 33.3. The molecule has 3 N–H and O–H groups in total. The maximum Gasteiger partial charge on any atom is 0.324 e. The van der Waals surface area contributed by atoms with Gasteiger partial charge >= 0.3 is 5.97 Å². The lowest BCUT2D eigenvalue weighted by Gasteiger charge is -2.31. The Kier molecular flexibility index (Phi) is 6.10. The molecule has 7 heteroatoms. The van der Waals surface area contributed by atoms with Crippen molar-refractivity contribution < 1.29 is 23.4 Å². The number of ether oxygens (including phenoxy) is 1. The molecule has 0 saturated carbocycles. The Bertz CT molecular complexity index is 1090. The van der Waals surface area contributed by atoms with E-state index in [1.807, 2.05) is 6.07 Å². The van der Waals surface area contributed by atoms with Gasteiger partial charge in [0.2, 0.25) is 0 Å². The molecule has 3 aromatic carbocycles. The summed E-state index contributed by atoms with van der Waals surface area (Å²) >= 11 is 0. The number of carboxylic acids is 1. The molecule has 1 atom stereocenters. The second-order valence-electron chi connectivity index (χ2n) is 7.32. The van der Waals surface area contributed by atoms with Crippen molar-refractivity contribution in [3.05, 3.63) is 83.4 Å². The van der Waals surface area contributed by atoms with Crippen molar-refractivity contribution >= 4 is 18.4 Å². The molecule has 4 nitrogen and oxygen atoms in total. The maximum absolute atomic E-state index is 13.7. The number of aryl methyl sites for hydroxylation is 1. The van der Waals surface area contributed by atoms with Gasteiger partial charge in [-0.25, -0.2) is 8.78 Å². The fraction of sp³-hybridized carbons (Fsp3) is 0.174. The van der Waals surface area contributed by atoms with E-state index in [9.17, 15) is 18.7 Å². The van der Waals surface area contributed by atoms with Crippen LogP contribution < -0.4 is 10.5 Å². The first-order valence-corrected chi connectivity index (χ1v) is 9.21. The van der Waals surface area contributed by atoms with Crippen LogP contribution in [0.3, 0.4) is 0 Å². The van der Waals surface area contributed by atoms with E-state index in [1.165, 1.54) is 12.1 Å². The van der Waals surface area contributed by atoms with Gasteiger partial charge in [-0.15, -0.1) is 12.4 Å². The molecule has 3 aromatic rings. The third-order valence-electron chi connectivity index (χ3n) is 5.24. The summed E-state index contributed by atoms with van der Waals surface area (Å²) in [6.07, 6.45) is 1.17. The predicted octanol–water partition coefficient (Wildman–Crippen LogP) is 5.12. The summed E-state index contributed by atoms with van der Waals surface area (Å²) in [7, 11) is 0. The first-order valence-electron chi connectivity index (χ1n) is 9.21. The minimum Gasteiger partial charge on any atom is -0.480 e. The monoisotopic (exact) mass is 431 g/mol. The lowest BCUT2D eigenvalue weighted by molar-refractivity contribution is -0.143. The van der Waals surface area contributed by atoms with Crippen LogP contribution in [0.2, 0.25) is 0 Å². The zero-order valence-electron chi connectivity index (χ0n) is 15.9. The summed E-state index contributed by atoms with van der Waals surface area (Å²) in [6.45, 7) is 0. The Hall–Kier alpha value is -2.96. The molecule has 156 valence electrons. The van der Waals surface area contributed by atoms with Crippen LogP contribution in [0.5, 0.6) is 11.5 Å². The fourth-order valence-electron chi connectivity index (χ4n) is 3.67. The van der Waals surface area contributed by atoms with Gasteiger partial charge in [0.15, 0.2) is 0 Å². The predicted molar refractivity (Wildman–Crippen MR) is 112 cm³/mol. The molecule has 1 aliphatic rings. The zero-order valence-corrected chi connectivity index (χ0v) is 16.7. The zero-order chi connectivity index (χ0) is 20.6. The van der Waals surface area contributed by atoms with Crippen molar-refractivity contribution in [2.75, 3.05) is 0 Å². The Balaban J connectivity index is 0.00000256. The summed E-state index contributed by atoms with van der Waals surface area (Å²) in [5.74, 6) is -1.42. The van der Waals surface area contributed by atoms with Crippen LogP contribution >= 0.6 is 12.4 Å². The number of fused-ring (bicyclic) bond motifs is 1. The summed E-state index contributed by atoms with van der Waals surface area (Å²) in [6, 6.07) is 15.7. The number of nitrogens with two attached hydrogens (primary N) is 1. The lowest BCUT2D eigenvalue weighted by atomic mass is 9.78. The van der Waals surface area contributed by atoms with Crippen molar-refractivity contribution in [3.8, 4) is 22.6 Å². The normalized spacial score (nSPS) is 17.6. The molecule has 1 unspecified atom stereocenters. The molecule has 0 spiro atoms. The van der Waals surface area contributed by atoms with E-state index < -0.39 is 23.1 Å². The average molecular weight is 432 g/mol. The van der Waals surface area contributed by atoms with Crippen LogP contribution in [0.15, 0.2) is 60.7 Å². The van der Waals surface area contributed by atoms with Gasteiger partial charge in [0, 0.05) is 18.1 Å². The van der Waals surface area contributed by atoms with Crippen LogP contribution in [0.1, 0.15) is 17.5 Å². The van der Waals surface area contributed by atoms with Gasteiger partial charge in [-0.05, 0) is 59.9 Å². The number of aliphatic carboxylic acids is 1. The van der Waals surface area contributed by atoms with Crippen LogP contribution in [-0.4, -0.2) is 16.6 Å². The van der Waals surface area contributed by atoms with Crippen LogP contribution in [-0.2, 0) is 17.6 Å². The summed E-state index contributed by atoms with van der Waals surface area (Å²) in [5.41, 5.74) is 7.52. The molecule has 1 aliphatic carbocycles. The topological polar surface area (TPSA) is 72.6 Å². The van der Waals surface area contributed by atoms with Crippen LogP contribution in [0.4, 0.5) is 8.78 Å². The number of carbonyl (C=O) groups is 1. The maximum atomic E-state index is 13.7. The first kappa shape index (κ1) is 21.7. The van der Waals surface area contributed by atoms with E-state index in [2.05, 4.69) is 0 Å². The van der Waals surface area contributed by atoms with Crippen LogP contribution in [0, 0.1) is 11.6 Å². The molecule has 0 aromatic heterocycles. The number of hydrogen-bond acceptors (Lipinski definition) is 3. The third-order valence-corrected chi connectivity index (χ3v) is 5.24. The number of carboxylic acid groups (broad SMARTS) is 1. The number of rotatable bonds is 4. The average Bonchev–Trinajstić information content (AvgIpc) is 2.67. The van der Waals surface area contributed by atoms with E-state index in [1.54, 1.807) is 36.4 Å². The molecule has 0 aliphatic heterocycles. The highest BCUT2D eigenvalue weighted by Crippen LogP contribution is 2.36. The highest BCUT2D eigenvalue weighted by atomic mass is 35.5. The largest absolute Gasteiger partial charge is 0.480 e. The SMILES string of the molecule is Cl.NC1(C(=O)O)CCc2ccc(Oc3ccccc3-c3cc(F)cc(F)c3)cc2C1. The van der Waals surface area contributed by atoms with Crippen molar-refractivity contribution in [1.29, 1.82) is 0 Å². The standard InChI is InChI=1S/C23H19F2NO3.ClH/c24-17-9-15(10-18(25)12-17)20-3-1-2-4-21(20)29-19-6-5-14-7-8-23(26,22(27)28)13-16(14)11-19;/h1-6,9-12H,7-8,13,26H2,(H,27,28);1H. The Labute approximate surface area is 178 Å².